The van der Waals surface area contributed by atoms with Crippen molar-refractivity contribution in [3.8, 4) is 5.75 Å². The second-order valence-corrected chi connectivity index (χ2v) is 10.3. The monoisotopic (exact) mass is 524 g/mol. The highest BCUT2D eigenvalue weighted by Crippen LogP contribution is 2.42. The first-order valence-electron chi connectivity index (χ1n) is 14.6. The van der Waals surface area contributed by atoms with Gasteiger partial charge in [0.2, 0.25) is 0 Å². The Kier molecular flexibility index (Phi) is 11.9. The first kappa shape index (κ1) is 30.0. The minimum absolute atomic E-state index is 0.0301. The van der Waals surface area contributed by atoms with Gasteiger partial charge in [0, 0.05) is 36.4 Å². The molecule has 5 rings (SSSR count). The van der Waals surface area contributed by atoms with E-state index in [1.165, 1.54) is 47.0 Å². The number of fused-ring (bicyclic) bond motifs is 1. The maximum absolute atomic E-state index is 9.39. The summed E-state index contributed by atoms with van der Waals surface area (Å²) in [7, 11) is 2.05. The van der Waals surface area contributed by atoms with Gasteiger partial charge in [-0.3, -0.25) is 4.79 Å². The van der Waals surface area contributed by atoms with Gasteiger partial charge >= 0.3 is 0 Å². The van der Waals surface area contributed by atoms with E-state index in [0.717, 1.165) is 44.6 Å². The Bertz CT molecular complexity index is 1070. The molecule has 1 saturated carbocycles. The smallest absolute Gasteiger partial charge is 0.293 e. The number of likely N-dealkylation sites (N-methyl/N-ethyl adjacent to an activating group) is 1. The van der Waals surface area contributed by atoms with Gasteiger partial charge in [-0.2, -0.15) is 0 Å². The van der Waals surface area contributed by atoms with Gasteiger partial charge in [-0.15, -0.1) is 0 Å². The van der Waals surface area contributed by atoms with Gasteiger partial charge in [0.15, 0.2) is 0 Å². The van der Waals surface area contributed by atoms with Crippen molar-refractivity contribution in [2.45, 2.75) is 104 Å². The number of nitrogens with one attached hydrogen (secondary N) is 1. The summed E-state index contributed by atoms with van der Waals surface area (Å²) in [5.74, 6) is 1.000. The zero-order chi connectivity index (χ0) is 27.5. The summed E-state index contributed by atoms with van der Waals surface area (Å²) in [6.07, 6.45) is 15.5. The molecule has 1 atom stereocenters. The standard InChI is InChI=1S/C26H34N2O2.C4H8O2.C2H6/c1-18-24-12-11-23(30-22-13-15-29-16-14-22)17-25(24)28(21-7-4-8-21)26(18)19-5-3-6-20(27-2)10-9-19;1-4(2)6-3-5;1-2/h5,9-12,17,20-22,27H,3-4,6-8,13-16H2,1-2H3;3-4H,1-2H3;1-2H3. The van der Waals surface area contributed by atoms with E-state index < -0.39 is 0 Å². The number of allylic oxidation sites excluding steroid dienone is 3. The van der Waals surface area contributed by atoms with Crippen LogP contribution in [0, 0.1) is 6.92 Å². The van der Waals surface area contributed by atoms with Gasteiger partial charge in [0.25, 0.3) is 6.47 Å². The molecule has 6 nitrogen and oxygen atoms in total. The SMILES string of the molecule is CC.CC(C)OC=O.CNC1C=CC(c2c(C)c3ccc(OC4CCOCC4)cc3n2C2CCC2)=CCC1. The lowest BCUT2D eigenvalue weighted by atomic mass is 9.92. The maximum Gasteiger partial charge on any atom is 0.293 e. The molecule has 38 heavy (non-hydrogen) atoms. The van der Waals surface area contributed by atoms with E-state index in [9.17, 15) is 4.79 Å². The molecule has 2 aromatic rings. The molecular weight excluding hydrogens is 476 g/mol. The third kappa shape index (κ3) is 7.51. The van der Waals surface area contributed by atoms with E-state index in [-0.39, 0.29) is 12.2 Å². The van der Waals surface area contributed by atoms with E-state index in [1.807, 2.05) is 13.8 Å². The van der Waals surface area contributed by atoms with Crippen LogP contribution in [0.2, 0.25) is 0 Å². The molecule has 1 N–H and O–H groups in total. The van der Waals surface area contributed by atoms with Crippen LogP contribution in [0.25, 0.3) is 16.5 Å². The van der Waals surface area contributed by atoms with Crippen LogP contribution in [-0.2, 0) is 14.3 Å². The minimum atomic E-state index is 0.0301. The molecule has 2 aliphatic carbocycles. The topological polar surface area (TPSA) is 61.7 Å². The highest BCUT2D eigenvalue weighted by molar-refractivity contribution is 5.93. The van der Waals surface area contributed by atoms with Crippen molar-refractivity contribution < 1.29 is 19.0 Å². The van der Waals surface area contributed by atoms with Crippen molar-refractivity contribution in [2.24, 2.45) is 0 Å². The summed E-state index contributed by atoms with van der Waals surface area (Å²) >= 11 is 0. The van der Waals surface area contributed by atoms with Crippen LogP contribution in [0.1, 0.15) is 89.9 Å². The van der Waals surface area contributed by atoms with Crippen molar-refractivity contribution >= 4 is 22.9 Å². The molecule has 1 aromatic heterocycles. The Morgan fingerprint density at radius 1 is 1.11 bits per heavy atom. The fourth-order valence-electron chi connectivity index (χ4n) is 5.23. The first-order chi connectivity index (χ1) is 18.5. The Morgan fingerprint density at radius 3 is 2.42 bits per heavy atom. The van der Waals surface area contributed by atoms with E-state index in [1.54, 1.807) is 13.8 Å². The zero-order valence-electron chi connectivity index (χ0n) is 24.3. The number of carbonyl (C=O) groups is 1. The summed E-state index contributed by atoms with van der Waals surface area (Å²) in [5.41, 5.74) is 5.51. The normalized spacial score (nSPS) is 19.9. The van der Waals surface area contributed by atoms with Crippen LogP contribution < -0.4 is 10.1 Å². The van der Waals surface area contributed by atoms with Gasteiger partial charge in [0.1, 0.15) is 11.9 Å². The Hall–Kier alpha value is -2.57. The number of ether oxygens (including phenoxy) is 3. The lowest BCUT2D eigenvalue weighted by molar-refractivity contribution is -0.131. The minimum Gasteiger partial charge on any atom is -0.490 e. The fraction of sp³-hybridized carbons (Fsp3) is 0.594. The molecule has 1 aromatic carbocycles. The summed E-state index contributed by atoms with van der Waals surface area (Å²) in [5, 5.41) is 4.77. The number of rotatable bonds is 7. The van der Waals surface area contributed by atoms with E-state index in [0.29, 0.717) is 18.6 Å². The van der Waals surface area contributed by atoms with Gasteiger partial charge in [-0.05, 0) is 83.2 Å². The number of hydrogen-bond donors (Lipinski definition) is 1. The Morgan fingerprint density at radius 2 is 1.84 bits per heavy atom. The molecule has 2 fully saturated rings. The quantitative estimate of drug-likeness (QED) is 0.390. The maximum atomic E-state index is 9.39. The molecule has 0 amide bonds. The van der Waals surface area contributed by atoms with Gasteiger partial charge < -0.3 is 24.1 Å². The molecule has 0 radical (unpaired) electrons. The third-order valence-corrected chi connectivity index (χ3v) is 7.46. The predicted octanol–water partition coefficient (Wildman–Crippen LogP) is 7.15. The van der Waals surface area contributed by atoms with Crippen molar-refractivity contribution in [3.63, 3.8) is 0 Å². The summed E-state index contributed by atoms with van der Waals surface area (Å²) in [4.78, 5) is 9.39. The van der Waals surface area contributed by atoms with Gasteiger partial charge in [0.05, 0.1) is 30.5 Å². The van der Waals surface area contributed by atoms with E-state index in [2.05, 4.69) is 65.0 Å². The molecule has 6 heteroatoms. The van der Waals surface area contributed by atoms with Crippen LogP contribution in [0.15, 0.2) is 36.4 Å². The van der Waals surface area contributed by atoms with Crippen LogP contribution in [-0.4, -0.2) is 49.6 Å². The largest absolute Gasteiger partial charge is 0.490 e. The summed E-state index contributed by atoms with van der Waals surface area (Å²) in [6, 6.07) is 7.78. The van der Waals surface area contributed by atoms with Crippen LogP contribution in [0.3, 0.4) is 0 Å². The Labute approximate surface area is 229 Å². The van der Waals surface area contributed by atoms with E-state index in [4.69, 9.17) is 9.47 Å². The molecular formula is C32H48N2O4. The van der Waals surface area contributed by atoms with Crippen LogP contribution in [0.5, 0.6) is 5.75 Å². The number of carbonyl (C=O) groups excluding carboxylic acids is 1. The molecule has 0 bridgehead atoms. The van der Waals surface area contributed by atoms with Crippen LogP contribution >= 0.6 is 0 Å². The number of aryl methyl sites for hydroxylation is 1. The lowest BCUT2D eigenvalue weighted by Gasteiger charge is -2.31. The van der Waals surface area contributed by atoms with Crippen molar-refractivity contribution in [1.29, 1.82) is 0 Å². The van der Waals surface area contributed by atoms with E-state index >= 15 is 0 Å². The molecule has 1 unspecified atom stereocenters. The highest BCUT2D eigenvalue weighted by Gasteiger charge is 2.27. The highest BCUT2D eigenvalue weighted by atomic mass is 16.5. The molecule has 0 spiro atoms. The fourth-order valence-corrected chi connectivity index (χ4v) is 5.23. The second-order valence-electron chi connectivity index (χ2n) is 10.3. The van der Waals surface area contributed by atoms with Crippen molar-refractivity contribution in [2.75, 3.05) is 20.3 Å². The number of benzene rings is 1. The molecule has 2 heterocycles. The number of hydrogen-bond acceptors (Lipinski definition) is 5. The third-order valence-electron chi connectivity index (χ3n) is 7.46. The zero-order valence-corrected chi connectivity index (χ0v) is 24.3. The summed E-state index contributed by atoms with van der Waals surface area (Å²) in [6.45, 7) is 12.0. The Balaban J connectivity index is 0.000000443. The molecule has 1 saturated heterocycles. The van der Waals surface area contributed by atoms with Gasteiger partial charge in [-0.1, -0.05) is 32.1 Å². The lowest BCUT2D eigenvalue weighted by Crippen LogP contribution is -2.25. The number of nitrogens with zero attached hydrogens (tertiary/aromatic N) is 1. The second kappa shape index (κ2) is 15.1. The first-order valence-corrected chi connectivity index (χ1v) is 14.6. The van der Waals surface area contributed by atoms with Crippen molar-refractivity contribution in [3.05, 3.63) is 47.7 Å². The molecule has 210 valence electrons. The predicted molar refractivity (Wildman–Crippen MR) is 157 cm³/mol. The summed E-state index contributed by atoms with van der Waals surface area (Å²) < 4.78 is 18.8. The van der Waals surface area contributed by atoms with Crippen molar-refractivity contribution in [1.82, 2.24) is 9.88 Å². The van der Waals surface area contributed by atoms with Crippen LogP contribution in [0.4, 0.5) is 0 Å². The molecule has 3 aliphatic rings. The van der Waals surface area contributed by atoms with Gasteiger partial charge in [-0.25, -0.2) is 0 Å². The number of aromatic nitrogens is 1. The molecule has 1 aliphatic heterocycles. The average molecular weight is 525 g/mol. The average Bonchev–Trinajstić information content (AvgIpc) is 3.03.